The van der Waals surface area contributed by atoms with E-state index in [4.69, 9.17) is 0 Å². The molecular formula is C33H39Cl3SiTi. The van der Waals surface area contributed by atoms with E-state index in [1.54, 1.807) is 21.5 Å². The van der Waals surface area contributed by atoms with Gasteiger partial charge in [0, 0.05) is 0 Å². The molecule has 0 fully saturated rings. The second kappa shape index (κ2) is 12.6. The molecular weight excluding hydrogens is 579 g/mol. The van der Waals surface area contributed by atoms with Gasteiger partial charge in [-0.05, 0) is 0 Å². The van der Waals surface area contributed by atoms with Crippen LogP contribution in [0.4, 0.5) is 0 Å². The van der Waals surface area contributed by atoms with Gasteiger partial charge < -0.3 is 37.2 Å². The largest absolute Gasteiger partial charge is 1.00 e. The SMILES string of the molecule is CC1=C(C)[C]([Ti+3])([Si](c2cc(C)cc(C)c2)(c2c(C)cccc2C)c2c(C)cccc2C)C(C)=C1C.[Cl-].[Cl-].[Cl-]. The topological polar surface area (TPSA) is 0 Å². The first-order valence-electron chi connectivity index (χ1n) is 12.7. The van der Waals surface area contributed by atoms with E-state index < -0.39 is 8.07 Å². The normalized spacial score (nSPS) is 14.6. The molecule has 0 saturated carbocycles. The van der Waals surface area contributed by atoms with Gasteiger partial charge >= 0.3 is 227 Å². The second-order valence-corrected chi connectivity index (χ2v) is 16.7. The van der Waals surface area contributed by atoms with Crippen LogP contribution in [-0.2, 0) is 20.4 Å². The predicted octanol–water partition coefficient (Wildman–Crippen LogP) is -2.05. The summed E-state index contributed by atoms with van der Waals surface area (Å²) in [5, 5.41) is 4.71. The van der Waals surface area contributed by atoms with Crippen molar-refractivity contribution in [1.82, 2.24) is 0 Å². The Labute approximate surface area is 262 Å². The first-order chi connectivity index (χ1) is 16.4. The minimum absolute atomic E-state index is 0. The van der Waals surface area contributed by atoms with Crippen LogP contribution in [0.2, 0.25) is 3.34 Å². The molecule has 0 aliphatic heterocycles. The van der Waals surface area contributed by atoms with E-state index in [1.165, 1.54) is 49.7 Å². The maximum absolute atomic E-state index is 2.68. The summed E-state index contributed by atoms with van der Waals surface area (Å²) in [5.74, 6) is 0. The van der Waals surface area contributed by atoms with Crippen LogP contribution in [0.5, 0.6) is 0 Å². The van der Waals surface area contributed by atoms with E-state index in [1.807, 2.05) is 0 Å². The third-order valence-corrected chi connectivity index (χ3v) is 17.8. The van der Waals surface area contributed by atoms with Gasteiger partial charge in [0.2, 0.25) is 0 Å². The summed E-state index contributed by atoms with van der Waals surface area (Å²) in [6, 6.07) is 21.2. The van der Waals surface area contributed by atoms with Gasteiger partial charge in [0.15, 0.2) is 0 Å². The summed E-state index contributed by atoms with van der Waals surface area (Å²) in [7, 11) is -2.68. The van der Waals surface area contributed by atoms with Gasteiger partial charge in [-0.2, -0.15) is 0 Å². The molecule has 0 nitrogen and oxygen atoms in total. The molecule has 0 amide bonds. The van der Waals surface area contributed by atoms with Gasteiger partial charge in [-0.25, -0.2) is 0 Å². The molecule has 0 aromatic heterocycles. The summed E-state index contributed by atoms with van der Waals surface area (Å²) < 4.78 is -0.0743. The van der Waals surface area contributed by atoms with Crippen molar-refractivity contribution in [3.05, 3.63) is 110 Å². The Morgan fingerprint density at radius 3 is 1.16 bits per heavy atom. The Kier molecular flexibility index (Phi) is 11.6. The zero-order valence-corrected chi connectivity index (χ0v) is 29.2. The molecule has 0 radical (unpaired) electrons. The van der Waals surface area contributed by atoms with E-state index in [0.29, 0.717) is 0 Å². The number of hydrogen-bond donors (Lipinski definition) is 0. The third-order valence-electron chi connectivity index (χ3n) is 8.74. The van der Waals surface area contributed by atoms with Gasteiger partial charge in [0.05, 0.1) is 0 Å². The number of aryl methyl sites for hydroxylation is 6. The third kappa shape index (κ3) is 4.98. The average molecular weight is 618 g/mol. The monoisotopic (exact) mass is 616 g/mol. The summed E-state index contributed by atoms with van der Waals surface area (Å²) in [6.07, 6.45) is 0. The standard InChI is InChI=1S/C33H39Si.3ClH.Ti/c1-20-17-21(2)19-30(18-20)34(31-22(3)13-11-14-23(31)4,32-24(5)15-12-16-25(32)6)33-28(9)26(7)27(8)29(33)10;;;;/h11-19H,1-10H3;3*1H;/q;;;;+3/p-3. The van der Waals surface area contributed by atoms with Crippen molar-refractivity contribution < 1.29 is 57.7 Å². The minimum Gasteiger partial charge on any atom is -1.00 e. The summed E-state index contributed by atoms with van der Waals surface area (Å²) >= 11 is 2.58. The van der Waals surface area contributed by atoms with Crippen LogP contribution >= 0.6 is 0 Å². The van der Waals surface area contributed by atoms with E-state index in [-0.39, 0.29) is 40.6 Å². The first kappa shape index (κ1) is 35.0. The first-order valence-corrected chi connectivity index (χ1v) is 15.5. The average Bonchev–Trinajstić information content (AvgIpc) is 2.93. The molecule has 0 saturated heterocycles. The molecule has 5 heteroatoms. The second-order valence-electron chi connectivity index (χ2n) is 10.9. The number of rotatable bonds is 4. The van der Waals surface area contributed by atoms with Crippen molar-refractivity contribution in [3.8, 4) is 0 Å². The maximum Gasteiger partial charge on any atom is -1.00 e. The quantitative estimate of drug-likeness (QED) is 0.234. The number of halogens is 3. The summed E-state index contributed by atoms with van der Waals surface area (Å²) in [4.78, 5) is 0. The molecule has 0 spiro atoms. The molecule has 3 aromatic carbocycles. The van der Waals surface area contributed by atoms with Gasteiger partial charge in [0.1, 0.15) is 0 Å². The fraction of sp³-hybridized carbons (Fsp3) is 0.333. The van der Waals surface area contributed by atoms with E-state index in [0.717, 1.165) is 0 Å². The van der Waals surface area contributed by atoms with E-state index in [2.05, 4.69) is 144 Å². The number of allylic oxidation sites excluding steroid dienone is 4. The predicted molar refractivity (Wildman–Crippen MR) is 152 cm³/mol. The van der Waals surface area contributed by atoms with Crippen molar-refractivity contribution >= 4 is 23.6 Å². The van der Waals surface area contributed by atoms with Gasteiger partial charge in [0.25, 0.3) is 0 Å². The zero-order chi connectivity index (χ0) is 25.9. The van der Waals surface area contributed by atoms with Crippen LogP contribution in [0, 0.1) is 41.5 Å². The van der Waals surface area contributed by atoms with Crippen molar-refractivity contribution in [2.45, 2.75) is 72.6 Å². The molecule has 0 heterocycles. The fourth-order valence-electron chi connectivity index (χ4n) is 6.98. The molecule has 1 aliphatic rings. The molecule has 38 heavy (non-hydrogen) atoms. The molecule has 200 valence electrons. The minimum atomic E-state index is -2.68. The molecule has 0 atom stereocenters. The van der Waals surface area contributed by atoms with Crippen LogP contribution < -0.4 is 52.8 Å². The smallest absolute Gasteiger partial charge is 1.00 e. The Bertz CT molecular complexity index is 1280. The summed E-state index contributed by atoms with van der Waals surface area (Å²) in [6.45, 7) is 23.4. The van der Waals surface area contributed by atoms with Crippen molar-refractivity contribution in [2.75, 3.05) is 0 Å². The van der Waals surface area contributed by atoms with Crippen molar-refractivity contribution in [2.24, 2.45) is 0 Å². The van der Waals surface area contributed by atoms with Crippen LogP contribution in [0.1, 0.15) is 61.1 Å². The van der Waals surface area contributed by atoms with Crippen molar-refractivity contribution in [3.63, 3.8) is 0 Å². The van der Waals surface area contributed by atoms with Crippen molar-refractivity contribution in [1.29, 1.82) is 0 Å². The fourth-order valence-corrected chi connectivity index (χ4v) is 16.5. The van der Waals surface area contributed by atoms with E-state index in [9.17, 15) is 0 Å². The van der Waals surface area contributed by atoms with E-state index >= 15 is 0 Å². The Morgan fingerprint density at radius 1 is 0.526 bits per heavy atom. The Hall–Kier alpha value is -1.06. The number of hydrogen-bond acceptors (Lipinski definition) is 0. The van der Waals surface area contributed by atoms with Gasteiger partial charge in [-0.3, -0.25) is 0 Å². The Morgan fingerprint density at radius 2 is 0.842 bits per heavy atom. The maximum atomic E-state index is 2.58. The Balaban J connectivity index is 0.00000241. The molecule has 4 rings (SSSR count). The van der Waals surface area contributed by atoms with Crippen LogP contribution in [-0.4, -0.2) is 8.07 Å². The summed E-state index contributed by atoms with van der Waals surface area (Å²) in [5.41, 5.74) is 14.4. The van der Waals surface area contributed by atoms with Crippen LogP contribution in [0.3, 0.4) is 0 Å². The number of benzene rings is 3. The molecule has 1 aliphatic carbocycles. The van der Waals surface area contributed by atoms with Gasteiger partial charge in [-0.1, -0.05) is 0 Å². The molecule has 0 unspecified atom stereocenters. The van der Waals surface area contributed by atoms with Crippen LogP contribution in [0.15, 0.2) is 76.9 Å². The molecule has 3 aromatic rings. The van der Waals surface area contributed by atoms with Gasteiger partial charge in [-0.15, -0.1) is 0 Å². The van der Waals surface area contributed by atoms with Crippen LogP contribution in [0.25, 0.3) is 0 Å². The molecule has 0 N–H and O–H groups in total. The molecule has 0 bridgehead atoms. The zero-order valence-electron chi connectivity index (χ0n) is 24.3.